The van der Waals surface area contributed by atoms with Crippen LogP contribution >= 0.6 is 0 Å². The number of carbonyl (C=O) groups is 1. The molecule has 1 saturated carbocycles. The van der Waals surface area contributed by atoms with Crippen molar-refractivity contribution in [2.45, 2.75) is 55.3 Å². The molecule has 0 radical (unpaired) electrons. The molecule has 2 aromatic carbocycles. The summed E-state index contributed by atoms with van der Waals surface area (Å²) in [7, 11) is -3.21. The number of pyridine rings is 1. The molecule has 1 aliphatic carbocycles. The van der Waals surface area contributed by atoms with E-state index in [0.29, 0.717) is 36.7 Å². The van der Waals surface area contributed by atoms with Crippen molar-refractivity contribution < 1.29 is 13.2 Å². The van der Waals surface area contributed by atoms with Crippen molar-refractivity contribution in [2.75, 3.05) is 18.8 Å². The van der Waals surface area contributed by atoms with Gasteiger partial charge in [0.25, 0.3) is 0 Å². The van der Waals surface area contributed by atoms with Crippen molar-refractivity contribution in [3.63, 3.8) is 0 Å². The van der Waals surface area contributed by atoms with E-state index in [-0.39, 0.29) is 23.5 Å². The van der Waals surface area contributed by atoms with Gasteiger partial charge in [-0.3, -0.25) is 9.78 Å². The van der Waals surface area contributed by atoms with Crippen LogP contribution in [0.25, 0.3) is 0 Å². The van der Waals surface area contributed by atoms with Gasteiger partial charge in [-0.2, -0.15) is 0 Å². The van der Waals surface area contributed by atoms with Crippen molar-refractivity contribution in [3.8, 4) is 0 Å². The predicted molar refractivity (Wildman–Crippen MR) is 137 cm³/mol. The van der Waals surface area contributed by atoms with E-state index in [4.69, 9.17) is 4.98 Å². The standard InChI is InChI=1S/C29H32N2O3S/c1-2-35(33,34)24-15-10-21(11-16-24)12-17-28(32)31-19-26(22-7-4-3-5-8-22)27(20-31)29-25(23-13-14-23)9-6-18-30-29/h3-11,15-16,18,23,26-27H,2,12-14,17,19-20H2,1H3. The summed E-state index contributed by atoms with van der Waals surface area (Å²) in [6, 6.07) is 21.7. The summed E-state index contributed by atoms with van der Waals surface area (Å²) in [5, 5.41) is 0. The lowest BCUT2D eigenvalue weighted by Gasteiger charge is -2.20. The summed E-state index contributed by atoms with van der Waals surface area (Å²) in [6.07, 6.45) is 5.34. The number of likely N-dealkylation sites (tertiary alicyclic amines) is 1. The molecule has 182 valence electrons. The molecule has 0 spiro atoms. The molecule has 0 N–H and O–H groups in total. The average Bonchev–Trinajstić information content (AvgIpc) is 3.65. The van der Waals surface area contributed by atoms with Gasteiger partial charge < -0.3 is 4.90 Å². The molecule has 2 fully saturated rings. The largest absolute Gasteiger partial charge is 0.341 e. The van der Waals surface area contributed by atoms with Gasteiger partial charge in [-0.25, -0.2) is 8.42 Å². The molecule has 1 aromatic heterocycles. The fraction of sp³-hybridized carbons (Fsp3) is 0.379. The van der Waals surface area contributed by atoms with Crippen LogP contribution in [0.3, 0.4) is 0 Å². The molecule has 2 atom stereocenters. The minimum atomic E-state index is -3.21. The second kappa shape index (κ2) is 9.94. The number of benzene rings is 2. The first-order chi connectivity index (χ1) is 17.0. The first-order valence-electron chi connectivity index (χ1n) is 12.6. The van der Waals surface area contributed by atoms with Gasteiger partial charge in [0.15, 0.2) is 9.84 Å². The van der Waals surface area contributed by atoms with E-state index >= 15 is 0 Å². The number of aromatic nitrogens is 1. The summed E-state index contributed by atoms with van der Waals surface area (Å²) >= 11 is 0. The van der Waals surface area contributed by atoms with Crippen LogP contribution in [0.2, 0.25) is 0 Å². The first-order valence-corrected chi connectivity index (χ1v) is 14.2. The van der Waals surface area contributed by atoms with E-state index in [1.807, 2.05) is 35.4 Å². The Bertz CT molecular complexity index is 1290. The van der Waals surface area contributed by atoms with Crippen LogP contribution in [0.15, 0.2) is 77.8 Å². The van der Waals surface area contributed by atoms with Crippen molar-refractivity contribution >= 4 is 15.7 Å². The summed E-state index contributed by atoms with van der Waals surface area (Å²) in [4.78, 5) is 20.5. The van der Waals surface area contributed by atoms with Crippen LogP contribution in [-0.2, 0) is 21.1 Å². The SMILES string of the molecule is CCS(=O)(=O)c1ccc(CCC(=O)N2CC(c3ccccc3)C(c3ncccc3C3CC3)C2)cc1. The number of aryl methyl sites for hydroxylation is 1. The van der Waals surface area contributed by atoms with E-state index < -0.39 is 9.84 Å². The quantitative estimate of drug-likeness (QED) is 0.443. The molecule has 6 heteroatoms. The maximum Gasteiger partial charge on any atom is 0.222 e. The third-order valence-electron chi connectivity index (χ3n) is 7.43. The molecular formula is C29H32N2O3S. The fourth-order valence-corrected chi connectivity index (χ4v) is 6.13. The number of nitrogens with zero attached hydrogens (tertiary/aromatic N) is 2. The molecule has 1 amide bonds. The fourth-order valence-electron chi connectivity index (χ4n) is 5.24. The summed E-state index contributed by atoms with van der Waals surface area (Å²) in [6.45, 7) is 3.02. The number of amides is 1. The Kier molecular flexibility index (Phi) is 6.74. The third-order valence-corrected chi connectivity index (χ3v) is 9.18. The molecule has 35 heavy (non-hydrogen) atoms. The molecular weight excluding hydrogens is 456 g/mol. The van der Waals surface area contributed by atoms with Crippen LogP contribution in [0.1, 0.15) is 66.3 Å². The molecule has 3 aromatic rings. The van der Waals surface area contributed by atoms with Gasteiger partial charge in [0.05, 0.1) is 10.6 Å². The first kappa shape index (κ1) is 23.7. The summed E-state index contributed by atoms with van der Waals surface area (Å²) in [5.74, 6) is 1.26. The topological polar surface area (TPSA) is 67.3 Å². The van der Waals surface area contributed by atoms with E-state index in [1.54, 1.807) is 19.1 Å². The lowest BCUT2D eigenvalue weighted by molar-refractivity contribution is -0.130. The van der Waals surface area contributed by atoms with Crippen molar-refractivity contribution in [3.05, 3.63) is 95.3 Å². The number of sulfone groups is 1. The highest BCUT2D eigenvalue weighted by Crippen LogP contribution is 2.47. The van der Waals surface area contributed by atoms with E-state index in [2.05, 4.69) is 30.3 Å². The molecule has 2 unspecified atom stereocenters. The monoisotopic (exact) mass is 488 g/mol. The Hall–Kier alpha value is -2.99. The second-order valence-electron chi connectivity index (χ2n) is 9.72. The van der Waals surface area contributed by atoms with Crippen LogP contribution in [0.4, 0.5) is 0 Å². The smallest absolute Gasteiger partial charge is 0.222 e. The number of hydrogen-bond donors (Lipinski definition) is 0. The van der Waals surface area contributed by atoms with Crippen LogP contribution in [-0.4, -0.2) is 43.1 Å². The van der Waals surface area contributed by atoms with Gasteiger partial charge in [-0.05, 0) is 60.1 Å². The van der Waals surface area contributed by atoms with Crippen molar-refractivity contribution in [1.29, 1.82) is 0 Å². The zero-order chi connectivity index (χ0) is 24.4. The van der Waals surface area contributed by atoms with Gasteiger partial charge >= 0.3 is 0 Å². The molecule has 0 bridgehead atoms. The highest BCUT2D eigenvalue weighted by molar-refractivity contribution is 7.91. The van der Waals surface area contributed by atoms with E-state index in [9.17, 15) is 13.2 Å². The Morgan fingerprint density at radius 1 is 0.943 bits per heavy atom. The zero-order valence-electron chi connectivity index (χ0n) is 20.1. The maximum absolute atomic E-state index is 13.3. The minimum Gasteiger partial charge on any atom is -0.341 e. The molecule has 2 aliphatic rings. The maximum atomic E-state index is 13.3. The van der Waals surface area contributed by atoms with Gasteiger partial charge in [0, 0.05) is 43.2 Å². The van der Waals surface area contributed by atoms with Crippen LogP contribution in [0.5, 0.6) is 0 Å². The van der Waals surface area contributed by atoms with Crippen LogP contribution in [0, 0.1) is 0 Å². The second-order valence-corrected chi connectivity index (χ2v) is 12.0. The van der Waals surface area contributed by atoms with Gasteiger partial charge in [0.1, 0.15) is 0 Å². The number of hydrogen-bond acceptors (Lipinski definition) is 4. The van der Waals surface area contributed by atoms with E-state index in [0.717, 1.165) is 11.3 Å². The Morgan fingerprint density at radius 3 is 2.34 bits per heavy atom. The molecule has 5 rings (SSSR count). The normalized spacial score (nSPS) is 20.2. The Balaban J connectivity index is 1.32. The van der Waals surface area contributed by atoms with Crippen molar-refractivity contribution in [2.24, 2.45) is 0 Å². The summed E-state index contributed by atoms with van der Waals surface area (Å²) < 4.78 is 24.1. The van der Waals surface area contributed by atoms with Gasteiger partial charge in [0.2, 0.25) is 5.91 Å². The lowest BCUT2D eigenvalue weighted by Crippen LogP contribution is -2.29. The molecule has 5 nitrogen and oxygen atoms in total. The highest BCUT2D eigenvalue weighted by Gasteiger charge is 2.40. The lowest BCUT2D eigenvalue weighted by atomic mass is 9.84. The average molecular weight is 489 g/mol. The summed E-state index contributed by atoms with van der Waals surface area (Å²) in [5.41, 5.74) is 4.75. The van der Waals surface area contributed by atoms with Gasteiger partial charge in [-0.1, -0.05) is 55.5 Å². The highest BCUT2D eigenvalue weighted by atomic mass is 32.2. The molecule has 2 heterocycles. The Labute approximate surface area is 208 Å². The Morgan fingerprint density at radius 2 is 1.66 bits per heavy atom. The number of carbonyl (C=O) groups excluding carboxylic acids is 1. The molecule has 1 aliphatic heterocycles. The minimum absolute atomic E-state index is 0.0856. The predicted octanol–water partition coefficient (Wildman–Crippen LogP) is 5.10. The van der Waals surface area contributed by atoms with Crippen molar-refractivity contribution in [1.82, 2.24) is 9.88 Å². The number of rotatable bonds is 8. The van der Waals surface area contributed by atoms with Crippen LogP contribution < -0.4 is 0 Å². The van der Waals surface area contributed by atoms with Gasteiger partial charge in [-0.15, -0.1) is 0 Å². The zero-order valence-corrected chi connectivity index (χ0v) is 21.0. The molecule has 1 saturated heterocycles. The van der Waals surface area contributed by atoms with E-state index in [1.165, 1.54) is 24.0 Å². The third kappa shape index (κ3) is 5.18.